The second-order valence-electron chi connectivity index (χ2n) is 1.27. The van der Waals surface area contributed by atoms with Crippen LogP contribution in [0.3, 0.4) is 0 Å². The molecule has 0 aliphatic carbocycles. The minimum atomic E-state index is -2.01. The van der Waals surface area contributed by atoms with E-state index in [4.69, 9.17) is 38.8 Å². The van der Waals surface area contributed by atoms with Crippen LogP contribution in [0.25, 0.3) is 0 Å². The van der Waals surface area contributed by atoms with Crippen molar-refractivity contribution in [1.82, 2.24) is 0 Å². The van der Waals surface area contributed by atoms with E-state index in [1.165, 1.54) is 12.1 Å². The number of hydrogen-bond donors (Lipinski definition) is 1. The van der Waals surface area contributed by atoms with Gasteiger partial charge in [0.25, 0.3) is 0 Å². The fourth-order valence-corrected chi connectivity index (χ4v) is 0.240. The topological polar surface area (TPSA) is 67.8 Å². The molecule has 1 unspecified atom stereocenters. The Bertz CT molecular complexity index is 178. The van der Waals surface area contributed by atoms with Crippen LogP contribution < -0.4 is 0 Å². The van der Waals surface area contributed by atoms with Gasteiger partial charge >= 0.3 is 0 Å². The molecular weight excluding hydrogens is 163 g/mol. The third kappa shape index (κ3) is 2.07. The molecule has 0 amide bonds. The largest absolute Gasteiger partial charge is 0.374 e. The number of rotatable bonds is 1. The van der Waals surface area contributed by atoms with Gasteiger partial charge in [0, 0.05) is 0 Å². The molecule has 0 heterocycles. The van der Waals surface area contributed by atoms with E-state index in [-0.39, 0.29) is 0 Å². The van der Waals surface area contributed by atoms with Gasteiger partial charge in [0.15, 0.2) is 6.10 Å². The van der Waals surface area contributed by atoms with E-state index in [0.29, 0.717) is 0 Å². The van der Waals surface area contributed by atoms with Crippen LogP contribution in [0.1, 0.15) is 0 Å². The van der Waals surface area contributed by atoms with Gasteiger partial charge in [-0.1, -0.05) is 23.2 Å². The third-order valence-corrected chi connectivity index (χ3v) is 1.20. The van der Waals surface area contributed by atoms with E-state index in [2.05, 4.69) is 0 Å². The maximum absolute atomic E-state index is 8.54. The first-order valence-electron chi connectivity index (χ1n) is 1.91. The first-order valence-corrected chi connectivity index (χ1v) is 2.67. The zero-order valence-electron chi connectivity index (χ0n) is 4.17. The molecule has 9 heavy (non-hydrogen) atoms. The smallest absolute Gasteiger partial charge is 0.241 e. The van der Waals surface area contributed by atoms with Crippen molar-refractivity contribution in [2.24, 2.45) is 0 Å². The molecule has 0 spiro atoms. The summed E-state index contributed by atoms with van der Waals surface area (Å²) in [5.41, 5.74) is 0. The lowest BCUT2D eigenvalue weighted by Crippen LogP contribution is -2.27. The van der Waals surface area contributed by atoms with Crippen LogP contribution in [0.5, 0.6) is 0 Å². The summed E-state index contributed by atoms with van der Waals surface area (Å²) in [4.78, 5) is 0. The molecule has 0 aromatic heterocycles. The number of alkyl halides is 2. The molecule has 5 heteroatoms. The van der Waals surface area contributed by atoms with Crippen LogP contribution >= 0.6 is 23.2 Å². The Hall–Kier alpha value is -0.480. The summed E-state index contributed by atoms with van der Waals surface area (Å²) in [7, 11) is 0. The normalized spacial score (nSPS) is 13.4. The van der Waals surface area contributed by atoms with Gasteiger partial charge in [-0.25, -0.2) is 0 Å². The van der Waals surface area contributed by atoms with Crippen molar-refractivity contribution in [2.45, 2.75) is 10.4 Å². The number of hydrogen-bond acceptors (Lipinski definition) is 3. The summed E-state index contributed by atoms with van der Waals surface area (Å²) in [6.07, 6.45) is -1.66. The molecule has 0 saturated carbocycles. The molecule has 0 aliphatic heterocycles. The predicted octanol–water partition coefficient (Wildman–Crippen LogP) is 0.568. The average molecular weight is 165 g/mol. The van der Waals surface area contributed by atoms with Gasteiger partial charge in [0.2, 0.25) is 4.33 Å². The summed E-state index contributed by atoms with van der Waals surface area (Å²) in [6.45, 7) is 0. The Morgan fingerprint density at radius 1 is 1.44 bits per heavy atom. The van der Waals surface area contributed by atoms with E-state index in [0.717, 1.165) is 0 Å². The molecule has 0 aromatic rings. The van der Waals surface area contributed by atoms with Crippen molar-refractivity contribution in [3.05, 3.63) is 0 Å². The second kappa shape index (κ2) is 2.89. The van der Waals surface area contributed by atoms with E-state index in [1.807, 2.05) is 0 Å². The Kier molecular flexibility index (Phi) is 2.73. The maximum atomic E-state index is 8.54. The SMILES string of the molecule is N#CC(O)C(Cl)(Cl)C#N. The van der Waals surface area contributed by atoms with Crippen molar-refractivity contribution in [3.8, 4) is 12.1 Å². The summed E-state index contributed by atoms with van der Waals surface area (Å²) in [6, 6.07) is 2.68. The Labute approximate surface area is 62.0 Å². The van der Waals surface area contributed by atoms with Gasteiger partial charge in [-0.05, 0) is 0 Å². The standard InChI is InChI=1S/C4H2Cl2N2O/c5-4(6,2-8)3(9)1-7/h3,9H. The number of aliphatic hydroxyl groups is 1. The molecule has 0 aliphatic rings. The summed E-state index contributed by atoms with van der Waals surface area (Å²) >= 11 is 10.2. The molecule has 1 N–H and O–H groups in total. The molecule has 0 saturated heterocycles. The lowest BCUT2D eigenvalue weighted by molar-refractivity contribution is 0.227. The molecule has 0 bridgehead atoms. The van der Waals surface area contributed by atoms with E-state index < -0.39 is 10.4 Å². The van der Waals surface area contributed by atoms with Crippen LogP contribution in [-0.2, 0) is 0 Å². The van der Waals surface area contributed by atoms with E-state index in [9.17, 15) is 0 Å². The third-order valence-electron chi connectivity index (χ3n) is 0.615. The fraction of sp³-hybridized carbons (Fsp3) is 0.500. The van der Waals surface area contributed by atoms with Crippen LogP contribution in [0, 0.1) is 22.7 Å². The zero-order valence-corrected chi connectivity index (χ0v) is 5.69. The zero-order chi connectivity index (χ0) is 7.49. The lowest BCUT2D eigenvalue weighted by atomic mass is 10.3. The maximum Gasteiger partial charge on any atom is 0.241 e. The van der Waals surface area contributed by atoms with Gasteiger partial charge in [0.1, 0.15) is 6.07 Å². The van der Waals surface area contributed by atoms with Gasteiger partial charge in [-0.15, -0.1) is 0 Å². The van der Waals surface area contributed by atoms with Crippen LogP contribution in [0.2, 0.25) is 0 Å². The predicted molar refractivity (Wildman–Crippen MR) is 31.7 cm³/mol. The highest BCUT2D eigenvalue weighted by Crippen LogP contribution is 2.23. The first kappa shape index (κ1) is 8.52. The van der Waals surface area contributed by atoms with Gasteiger partial charge in [-0.3, -0.25) is 0 Å². The quantitative estimate of drug-likeness (QED) is 0.456. The molecule has 1 atom stereocenters. The average Bonchev–Trinajstić information content (AvgIpc) is 1.86. The summed E-state index contributed by atoms with van der Waals surface area (Å²) in [5.74, 6) is 0. The minimum absolute atomic E-state index is 1.33. The number of nitriles is 2. The first-order chi connectivity index (χ1) is 4.04. The molecule has 0 fully saturated rings. The number of nitrogens with zero attached hydrogens (tertiary/aromatic N) is 2. The fourth-order valence-electron chi connectivity index (χ4n) is 0.142. The van der Waals surface area contributed by atoms with Gasteiger partial charge in [0.05, 0.1) is 6.07 Å². The Morgan fingerprint density at radius 2 is 1.89 bits per heavy atom. The molecule has 0 radical (unpaired) electrons. The highest BCUT2D eigenvalue weighted by atomic mass is 35.5. The van der Waals surface area contributed by atoms with Crippen molar-refractivity contribution in [2.75, 3.05) is 0 Å². The Balaban J connectivity index is 4.23. The van der Waals surface area contributed by atoms with Crippen LogP contribution in [-0.4, -0.2) is 15.5 Å². The van der Waals surface area contributed by atoms with Gasteiger partial charge < -0.3 is 5.11 Å². The van der Waals surface area contributed by atoms with Crippen molar-refractivity contribution in [3.63, 3.8) is 0 Å². The molecular formula is C4H2Cl2N2O. The number of halogens is 2. The van der Waals surface area contributed by atoms with Crippen molar-refractivity contribution < 1.29 is 5.11 Å². The van der Waals surface area contributed by atoms with E-state index in [1.54, 1.807) is 0 Å². The molecule has 48 valence electrons. The number of aliphatic hydroxyl groups excluding tert-OH is 1. The van der Waals surface area contributed by atoms with Crippen molar-refractivity contribution >= 4 is 23.2 Å². The van der Waals surface area contributed by atoms with Gasteiger partial charge in [-0.2, -0.15) is 10.5 Å². The molecule has 3 nitrogen and oxygen atoms in total. The van der Waals surface area contributed by atoms with E-state index >= 15 is 0 Å². The monoisotopic (exact) mass is 164 g/mol. The summed E-state index contributed by atoms with van der Waals surface area (Å²) < 4.78 is -2.01. The highest BCUT2D eigenvalue weighted by molar-refractivity contribution is 6.51. The molecule has 0 aromatic carbocycles. The highest BCUT2D eigenvalue weighted by Gasteiger charge is 2.33. The molecule has 0 rings (SSSR count). The Morgan fingerprint density at radius 3 is 2.00 bits per heavy atom. The van der Waals surface area contributed by atoms with Crippen molar-refractivity contribution in [1.29, 1.82) is 10.5 Å². The lowest BCUT2D eigenvalue weighted by Gasteiger charge is -2.09. The van der Waals surface area contributed by atoms with Crippen LogP contribution in [0.4, 0.5) is 0 Å². The second-order valence-corrected chi connectivity index (χ2v) is 2.65. The summed E-state index contributed by atoms with van der Waals surface area (Å²) in [5, 5.41) is 24.6. The van der Waals surface area contributed by atoms with Crippen LogP contribution in [0.15, 0.2) is 0 Å². The minimum Gasteiger partial charge on any atom is -0.374 e.